The topological polar surface area (TPSA) is 56.2 Å². The fourth-order valence-corrected chi connectivity index (χ4v) is 1.64. The number of furan rings is 1. The second kappa shape index (κ2) is 5.01. The summed E-state index contributed by atoms with van der Waals surface area (Å²) in [6.45, 7) is 0. The Morgan fingerprint density at radius 2 is 1.88 bits per heavy atom. The lowest BCUT2D eigenvalue weighted by molar-refractivity contribution is -0.113. The summed E-state index contributed by atoms with van der Waals surface area (Å²) >= 11 is 3.37. The van der Waals surface area contributed by atoms with Gasteiger partial charge < -0.3 is 10.2 Å². The molecule has 1 heterocycles. The van der Waals surface area contributed by atoms with E-state index < -0.39 is 5.91 Å². The Hall–Kier alpha value is -1.81. The van der Waals surface area contributed by atoms with Crippen molar-refractivity contribution in [1.82, 2.24) is 0 Å². The van der Waals surface area contributed by atoms with Gasteiger partial charge in [0, 0.05) is 16.1 Å². The lowest BCUT2D eigenvalue weighted by Crippen LogP contribution is -2.04. The monoisotopic (exact) mass is 291 g/mol. The molecule has 0 aliphatic heterocycles. The van der Waals surface area contributed by atoms with Crippen molar-refractivity contribution in [3.63, 3.8) is 0 Å². The minimum Gasteiger partial charge on any atom is -0.457 e. The molecule has 86 valence electrons. The van der Waals surface area contributed by atoms with Crippen LogP contribution in [0.15, 0.2) is 51.4 Å². The third kappa shape index (κ3) is 3.07. The Labute approximate surface area is 107 Å². The number of rotatable bonds is 3. The lowest BCUT2D eigenvalue weighted by atomic mass is 10.2. The summed E-state index contributed by atoms with van der Waals surface area (Å²) in [7, 11) is 0. The van der Waals surface area contributed by atoms with Gasteiger partial charge in [-0.05, 0) is 30.3 Å². The van der Waals surface area contributed by atoms with E-state index in [4.69, 9.17) is 10.2 Å². The molecule has 1 aromatic heterocycles. The third-order valence-electron chi connectivity index (χ3n) is 2.17. The number of hydrogen-bond acceptors (Lipinski definition) is 2. The molecule has 1 amide bonds. The highest BCUT2D eigenvalue weighted by atomic mass is 79.9. The first-order chi connectivity index (χ1) is 8.15. The van der Waals surface area contributed by atoms with Crippen molar-refractivity contribution < 1.29 is 9.21 Å². The Bertz CT molecular complexity index is 555. The molecule has 2 N–H and O–H groups in total. The van der Waals surface area contributed by atoms with Crippen molar-refractivity contribution in [3.8, 4) is 11.3 Å². The van der Waals surface area contributed by atoms with Crippen molar-refractivity contribution in [1.29, 1.82) is 0 Å². The first-order valence-corrected chi connectivity index (χ1v) is 5.78. The van der Waals surface area contributed by atoms with E-state index in [0.717, 1.165) is 15.8 Å². The normalized spacial score (nSPS) is 10.9. The van der Waals surface area contributed by atoms with Gasteiger partial charge in [-0.3, -0.25) is 4.79 Å². The third-order valence-corrected chi connectivity index (χ3v) is 2.70. The number of carbonyl (C=O) groups is 1. The maximum absolute atomic E-state index is 10.6. The Kier molecular flexibility index (Phi) is 3.44. The quantitative estimate of drug-likeness (QED) is 0.883. The van der Waals surface area contributed by atoms with Crippen molar-refractivity contribution in [3.05, 3.63) is 52.7 Å². The maximum atomic E-state index is 10.6. The molecule has 0 fully saturated rings. The van der Waals surface area contributed by atoms with E-state index in [1.165, 1.54) is 6.08 Å². The molecule has 0 radical (unpaired) electrons. The van der Waals surface area contributed by atoms with E-state index >= 15 is 0 Å². The molecule has 17 heavy (non-hydrogen) atoms. The summed E-state index contributed by atoms with van der Waals surface area (Å²) in [5.41, 5.74) is 5.98. The van der Waals surface area contributed by atoms with E-state index in [9.17, 15) is 4.79 Å². The zero-order valence-corrected chi connectivity index (χ0v) is 10.5. The van der Waals surface area contributed by atoms with Gasteiger partial charge in [0.15, 0.2) is 0 Å². The highest BCUT2D eigenvalue weighted by Gasteiger charge is 2.02. The lowest BCUT2D eigenvalue weighted by Gasteiger charge is -1.96. The summed E-state index contributed by atoms with van der Waals surface area (Å²) in [6, 6.07) is 11.4. The number of nitrogens with two attached hydrogens (primary N) is 1. The number of primary amides is 1. The van der Waals surface area contributed by atoms with E-state index in [1.807, 2.05) is 30.3 Å². The molecule has 3 nitrogen and oxygen atoms in total. The van der Waals surface area contributed by atoms with Crippen molar-refractivity contribution in [2.75, 3.05) is 0 Å². The standard InChI is InChI=1S/C13H10BrNO2/c14-10-3-1-9(2-4-10)12-7-5-11(17-12)6-8-13(15)16/h1-8H,(H2,15,16)/b8-6+. The summed E-state index contributed by atoms with van der Waals surface area (Å²) in [6.07, 6.45) is 2.81. The van der Waals surface area contributed by atoms with Crippen molar-refractivity contribution in [2.45, 2.75) is 0 Å². The summed E-state index contributed by atoms with van der Waals surface area (Å²) in [5.74, 6) is 0.856. The molecule has 0 bridgehead atoms. The van der Waals surface area contributed by atoms with Crippen molar-refractivity contribution in [2.24, 2.45) is 5.73 Å². The van der Waals surface area contributed by atoms with Crippen LogP contribution in [-0.2, 0) is 4.79 Å². The molecule has 0 saturated carbocycles. The van der Waals surface area contributed by atoms with Crippen LogP contribution in [-0.4, -0.2) is 5.91 Å². The fourth-order valence-electron chi connectivity index (χ4n) is 1.38. The number of hydrogen-bond donors (Lipinski definition) is 1. The highest BCUT2D eigenvalue weighted by Crippen LogP contribution is 2.24. The van der Waals surface area contributed by atoms with Gasteiger partial charge in [0.2, 0.25) is 5.91 Å². The predicted molar refractivity (Wildman–Crippen MR) is 70.1 cm³/mol. The van der Waals surface area contributed by atoms with Gasteiger partial charge in [0.05, 0.1) is 0 Å². The zero-order valence-electron chi connectivity index (χ0n) is 8.89. The van der Waals surface area contributed by atoms with E-state index in [0.29, 0.717) is 5.76 Å². The fraction of sp³-hybridized carbons (Fsp3) is 0. The van der Waals surface area contributed by atoms with Gasteiger partial charge >= 0.3 is 0 Å². The van der Waals surface area contributed by atoms with E-state index in [1.54, 1.807) is 12.1 Å². The van der Waals surface area contributed by atoms with Crippen LogP contribution in [0.2, 0.25) is 0 Å². The Morgan fingerprint density at radius 3 is 2.53 bits per heavy atom. The van der Waals surface area contributed by atoms with Crippen molar-refractivity contribution >= 4 is 27.9 Å². The van der Waals surface area contributed by atoms with Crippen LogP contribution in [0.3, 0.4) is 0 Å². The van der Waals surface area contributed by atoms with Crippen LogP contribution < -0.4 is 5.73 Å². The molecule has 2 aromatic rings. The smallest absolute Gasteiger partial charge is 0.241 e. The molecule has 0 aliphatic rings. The van der Waals surface area contributed by atoms with Gasteiger partial charge in [0.25, 0.3) is 0 Å². The van der Waals surface area contributed by atoms with Gasteiger partial charge in [0.1, 0.15) is 11.5 Å². The van der Waals surface area contributed by atoms with E-state index in [2.05, 4.69) is 15.9 Å². The molecule has 0 saturated heterocycles. The first kappa shape index (κ1) is 11.7. The Morgan fingerprint density at radius 1 is 1.18 bits per heavy atom. The molecular formula is C13H10BrNO2. The number of benzene rings is 1. The van der Waals surface area contributed by atoms with Crippen LogP contribution in [0.4, 0.5) is 0 Å². The molecule has 0 spiro atoms. The van der Waals surface area contributed by atoms with Gasteiger partial charge in [-0.15, -0.1) is 0 Å². The first-order valence-electron chi connectivity index (χ1n) is 4.98. The number of carbonyl (C=O) groups excluding carboxylic acids is 1. The molecule has 0 aliphatic carbocycles. The van der Waals surface area contributed by atoms with Crippen LogP contribution in [0.5, 0.6) is 0 Å². The SMILES string of the molecule is NC(=O)/C=C/c1ccc(-c2ccc(Br)cc2)o1. The van der Waals surface area contributed by atoms with Gasteiger partial charge in [-0.25, -0.2) is 0 Å². The molecule has 0 atom stereocenters. The summed E-state index contributed by atoms with van der Waals surface area (Å²) < 4.78 is 6.57. The second-order valence-corrected chi connectivity index (χ2v) is 4.36. The van der Waals surface area contributed by atoms with Crippen LogP contribution in [0, 0.1) is 0 Å². The number of amides is 1. The average Bonchev–Trinajstić information content (AvgIpc) is 2.76. The van der Waals surface area contributed by atoms with E-state index in [-0.39, 0.29) is 0 Å². The van der Waals surface area contributed by atoms with Gasteiger partial charge in [-0.2, -0.15) is 0 Å². The highest BCUT2D eigenvalue weighted by molar-refractivity contribution is 9.10. The maximum Gasteiger partial charge on any atom is 0.241 e. The zero-order chi connectivity index (χ0) is 12.3. The molecule has 2 rings (SSSR count). The molecule has 0 unspecified atom stereocenters. The summed E-state index contributed by atoms with van der Waals surface area (Å²) in [4.78, 5) is 10.6. The minimum absolute atomic E-state index is 0.494. The predicted octanol–water partition coefficient (Wildman–Crippen LogP) is 3.21. The second-order valence-electron chi connectivity index (χ2n) is 3.44. The molecule has 4 heteroatoms. The average molecular weight is 292 g/mol. The Balaban J connectivity index is 2.23. The van der Waals surface area contributed by atoms with Crippen LogP contribution in [0.25, 0.3) is 17.4 Å². The number of halogens is 1. The molecule has 1 aromatic carbocycles. The molecular weight excluding hydrogens is 282 g/mol. The van der Waals surface area contributed by atoms with Crippen LogP contribution in [0.1, 0.15) is 5.76 Å². The van der Waals surface area contributed by atoms with Crippen LogP contribution >= 0.6 is 15.9 Å². The largest absolute Gasteiger partial charge is 0.457 e. The minimum atomic E-state index is -0.494. The summed E-state index contributed by atoms with van der Waals surface area (Å²) in [5, 5.41) is 0. The van der Waals surface area contributed by atoms with Gasteiger partial charge in [-0.1, -0.05) is 28.1 Å².